The molecular weight excluding hydrogens is 304 g/mol. The lowest BCUT2D eigenvalue weighted by Crippen LogP contribution is -2.02. The second kappa shape index (κ2) is 7.77. The summed E-state index contributed by atoms with van der Waals surface area (Å²) < 4.78 is 5.51. The van der Waals surface area contributed by atoms with Gasteiger partial charge in [-0.2, -0.15) is 0 Å². The van der Waals surface area contributed by atoms with Crippen molar-refractivity contribution in [3.8, 4) is 11.5 Å². The maximum atomic E-state index is 9.96. The van der Waals surface area contributed by atoms with Crippen LogP contribution in [0.1, 0.15) is 16.8 Å². The lowest BCUT2D eigenvalue weighted by Gasteiger charge is -2.07. The van der Waals surface area contributed by atoms with Gasteiger partial charge in [0.15, 0.2) is 0 Å². The number of hydrogen-bond donors (Lipinski definition) is 2. The van der Waals surface area contributed by atoms with Gasteiger partial charge < -0.3 is 14.9 Å². The Morgan fingerprint density at radius 1 is 1.32 bits per heavy atom. The van der Waals surface area contributed by atoms with Crippen LogP contribution < -0.4 is 4.74 Å². The number of aliphatic imine (C=N–C) groups is 1. The number of ether oxygens (including phenoxy) is 1. The minimum Gasteiger partial charge on any atom is -0.505 e. The molecule has 0 spiro atoms. The van der Waals surface area contributed by atoms with Crippen LogP contribution in [0.4, 0.5) is 0 Å². The summed E-state index contributed by atoms with van der Waals surface area (Å²) in [4.78, 5) is 8.20. The van der Waals surface area contributed by atoms with E-state index < -0.39 is 0 Å². The Kier molecular flexibility index (Phi) is 5.75. The average molecular weight is 321 g/mol. The zero-order chi connectivity index (χ0) is 15.9. The third kappa shape index (κ3) is 4.19. The standard InChI is InChI=1S/C16H17ClN2O3/c1-11-16(21)15(12(10-20)8-19-11)9-18-6-7-22-14-4-2-13(17)3-5-14/h2-5,8-9,20-21H,6-7,10H2,1H3. The van der Waals surface area contributed by atoms with Gasteiger partial charge in [-0.05, 0) is 31.2 Å². The molecule has 6 heteroatoms. The average Bonchev–Trinajstić information content (AvgIpc) is 2.53. The number of aromatic hydroxyl groups is 1. The highest BCUT2D eigenvalue weighted by molar-refractivity contribution is 6.30. The van der Waals surface area contributed by atoms with E-state index in [0.717, 1.165) is 5.75 Å². The van der Waals surface area contributed by atoms with Crippen LogP contribution in [-0.4, -0.2) is 34.6 Å². The molecule has 0 aliphatic carbocycles. The molecule has 0 saturated carbocycles. The maximum Gasteiger partial charge on any atom is 0.145 e. The van der Waals surface area contributed by atoms with Crippen LogP contribution in [0, 0.1) is 6.92 Å². The molecule has 0 saturated heterocycles. The van der Waals surface area contributed by atoms with Crippen LogP contribution in [0.25, 0.3) is 0 Å². The molecule has 0 amide bonds. The minimum absolute atomic E-state index is 0.0360. The molecule has 0 fully saturated rings. The van der Waals surface area contributed by atoms with Crippen LogP contribution >= 0.6 is 11.6 Å². The van der Waals surface area contributed by atoms with E-state index >= 15 is 0 Å². The maximum absolute atomic E-state index is 9.96. The number of aryl methyl sites for hydroxylation is 1. The van der Waals surface area contributed by atoms with E-state index in [1.165, 1.54) is 12.4 Å². The predicted octanol–water partition coefficient (Wildman–Crippen LogP) is 2.74. The molecule has 2 rings (SSSR count). The Morgan fingerprint density at radius 3 is 2.73 bits per heavy atom. The van der Waals surface area contributed by atoms with Gasteiger partial charge in [0.1, 0.15) is 18.1 Å². The van der Waals surface area contributed by atoms with Crippen LogP contribution in [0.5, 0.6) is 11.5 Å². The third-order valence-corrected chi connectivity index (χ3v) is 3.30. The van der Waals surface area contributed by atoms with Gasteiger partial charge in [-0.25, -0.2) is 0 Å². The highest BCUT2D eigenvalue weighted by atomic mass is 35.5. The number of aromatic nitrogens is 1. The number of rotatable bonds is 6. The molecule has 22 heavy (non-hydrogen) atoms. The van der Waals surface area contributed by atoms with Gasteiger partial charge in [-0.1, -0.05) is 11.6 Å². The lowest BCUT2D eigenvalue weighted by molar-refractivity contribution is 0.280. The van der Waals surface area contributed by atoms with E-state index in [0.29, 0.717) is 35.0 Å². The predicted molar refractivity (Wildman–Crippen MR) is 86.0 cm³/mol. The molecular formula is C16H17ClN2O3. The van der Waals surface area contributed by atoms with Crippen LogP contribution in [0.15, 0.2) is 35.5 Å². The molecule has 2 aromatic rings. The Morgan fingerprint density at radius 2 is 2.05 bits per heavy atom. The van der Waals surface area contributed by atoms with Crippen LogP contribution in [-0.2, 0) is 6.61 Å². The first-order valence-electron chi connectivity index (χ1n) is 6.78. The van der Waals surface area contributed by atoms with Crippen molar-refractivity contribution >= 4 is 17.8 Å². The Balaban J connectivity index is 1.93. The summed E-state index contributed by atoms with van der Waals surface area (Å²) in [6.45, 7) is 2.31. The number of hydrogen-bond acceptors (Lipinski definition) is 5. The smallest absolute Gasteiger partial charge is 0.145 e. The molecule has 0 atom stereocenters. The highest BCUT2D eigenvalue weighted by Gasteiger charge is 2.08. The van der Waals surface area contributed by atoms with Gasteiger partial charge in [-0.3, -0.25) is 9.98 Å². The summed E-state index contributed by atoms with van der Waals surface area (Å²) in [6, 6.07) is 7.08. The van der Waals surface area contributed by atoms with Crippen LogP contribution in [0.2, 0.25) is 5.02 Å². The van der Waals surface area contributed by atoms with Gasteiger partial charge in [0, 0.05) is 28.6 Å². The summed E-state index contributed by atoms with van der Waals surface area (Å²) in [5, 5.41) is 19.9. The minimum atomic E-state index is -0.205. The first-order chi connectivity index (χ1) is 10.6. The quantitative estimate of drug-likeness (QED) is 0.634. The summed E-state index contributed by atoms with van der Waals surface area (Å²) in [5.41, 5.74) is 1.52. The highest BCUT2D eigenvalue weighted by Crippen LogP contribution is 2.22. The molecule has 0 bridgehead atoms. The number of halogens is 1. The number of aliphatic hydroxyl groups excluding tert-OH is 1. The number of pyridine rings is 1. The second-order valence-corrected chi connectivity index (χ2v) is 5.06. The van der Waals surface area contributed by atoms with Crippen molar-refractivity contribution in [2.75, 3.05) is 13.2 Å². The van der Waals surface area contributed by atoms with Crippen molar-refractivity contribution in [1.29, 1.82) is 0 Å². The van der Waals surface area contributed by atoms with Crippen molar-refractivity contribution < 1.29 is 14.9 Å². The SMILES string of the molecule is Cc1ncc(CO)c(C=NCCOc2ccc(Cl)cc2)c1O. The zero-order valence-electron chi connectivity index (χ0n) is 12.2. The van der Waals surface area contributed by atoms with E-state index in [-0.39, 0.29) is 12.4 Å². The monoisotopic (exact) mass is 320 g/mol. The first-order valence-corrected chi connectivity index (χ1v) is 7.16. The van der Waals surface area contributed by atoms with Gasteiger partial charge in [0.05, 0.1) is 18.8 Å². The van der Waals surface area contributed by atoms with E-state index in [9.17, 15) is 10.2 Å². The molecule has 2 N–H and O–H groups in total. The summed E-state index contributed by atoms with van der Waals surface area (Å²) in [6.07, 6.45) is 3.06. The second-order valence-electron chi connectivity index (χ2n) is 4.63. The van der Waals surface area contributed by atoms with Gasteiger partial charge in [-0.15, -0.1) is 0 Å². The van der Waals surface area contributed by atoms with Gasteiger partial charge in [0.2, 0.25) is 0 Å². The van der Waals surface area contributed by atoms with Crippen molar-refractivity contribution in [1.82, 2.24) is 4.98 Å². The normalized spacial score (nSPS) is 11.0. The molecule has 0 radical (unpaired) electrons. The van der Waals surface area contributed by atoms with E-state index in [1.54, 1.807) is 31.2 Å². The molecule has 0 unspecified atom stereocenters. The molecule has 0 aliphatic rings. The molecule has 1 aromatic carbocycles. The van der Waals surface area contributed by atoms with Gasteiger partial charge in [0.25, 0.3) is 0 Å². The zero-order valence-corrected chi connectivity index (χ0v) is 12.9. The summed E-state index contributed by atoms with van der Waals surface area (Å²) in [7, 11) is 0. The summed E-state index contributed by atoms with van der Waals surface area (Å²) in [5.74, 6) is 0.757. The van der Waals surface area contributed by atoms with Crippen molar-refractivity contribution in [2.45, 2.75) is 13.5 Å². The van der Waals surface area contributed by atoms with Crippen molar-refractivity contribution in [2.24, 2.45) is 4.99 Å². The van der Waals surface area contributed by atoms with E-state index in [1.807, 2.05) is 0 Å². The summed E-state index contributed by atoms with van der Waals surface area (Å²) >= 11 is 5.79. The lowest BCUT2D eigenvalue weighted by atomic mass is 10.1. The Bertz CT molecular complexity index is 657. The number of aliphatic hydroxyl groups is 1. The van der Waals surface area contributed by atoms with Crippen LogP contribution in [0.3, 0.4) is 0 Å². The van der Waals surface area contributed by atoms with Crippen molar-refractivity contribution in [3.63, 3.8) is 0 Å². The molecule has 1 heterocycles. The molecule has 0 aliphatic heterocycles. The molecule has 1 aromatic heterocycles. The van der Waals surface area contributed by atoms with Crippen molar-refractivity contribution in [3.05, 3.63) is 52.3 Å². The molecule has 5 nitrogen and oxygen atoms in total. The van der Waals surface area contributed by atoms with E-state index in [2.05, 4.69) is 9.98 Å². The fourth-order valence-electron chi connectivity index (χ4n) is 1.83. The third-order valence-electron chi connectivity index (χ3n) is 3.05. The first kappa shape index (κ1) is 16.3. The van der Waals surface area contributed by atoms with E-state index in [4.69, 9.17) is 16.3 Å². The Labute approximate surface area is 133 Å². The largest absolute Gasteiger partial charge is 0.505 e. The topological polar surface area (TPSA) is 74.9 Å². The Hall–Kier alpha value is -2.11. The fraction of sp³-hybridized carbons (Fsp3) is 0.250. The molecule has 116 valence electrons. The van der Waals surface area contributed by atoms with Gasteiger partial charge >= 0.3 is 0 Å². The number of benzene rings is 1. The number of nitrogens with zero attached hydrogens (tertiary/aromatic N) is 2. The fourth-order valence-corrected chi connectivity index (χ4v) is 1.95.